The lowest BCUT2D eigenvalue weighted by Gasteiger charge is -2.39. The van der Waals surface area contributed by atoms with Gasteiger partial charge in [0.25, 0.3) is 0 Å². The third-order valence-electron chi connectivity index (χ3n) is 4.53. The van der Waals surface area contributed by atoms with E-state index in [1.165, 1.54) is 0 Å². The number of carbonyl (C=O) groups is 1. The van der Waals surface area contributed by atoms with Crippen LogP contribution in [0.3, 0.4) is 0 Å². The maximum absolute atomic E-state index is 12.4. The SMILES string of the molecule is C[C@@H](Cn1cccn1)NCC(=O)N(C)C1(C#N)CCCCC1. The summed E-state index contributed by atoms with van der Waals surface area (Å²) in [7, 11) is 1.76. The Morgan fingerprint density at radius 3 is 2.82 bits per heavy atom. The molecule has 1 aromatic rings. The third kappa shape index (κ3) is 3.86. The molecule has 1 amide bonds. The maximum Gasteiger partial charge on any atom is 0.237 e. The number of hydrogen-bond donors (Lipinski definition) is 1. The van der Waals surface area contributed by atoms with Crippen LogP contribution in [0.1, 0.15) is 39.0 Å². The molecule has 120 valence electrons. The van der Waals surface area contributed by atoms with Gasteiger partial charge < -0.3 is 10.2 Å². The summed E-state index contributed by atoms with van der Waals surface area (Å²) >= 11 is 0. The Morgan fingerprint density at radius 1 is 1.50 bits per heavy atom. The summed E-state index contributed by atoms with van der Waals surface area (Å²) in [6.07, 6.45) is 8.42. The van der Waals surface area contributed by atoms with Crippen molar-refractivity contribution >= 4 is 5.91 Å². The number of rotatable bonds is 6. The van der Waals surface area contributed by atoms with Crippen molar-refractivity contribution in [3.8, 4) is 6.07 Å². The third-order valence-corrected chi connectivity index (χ3v) is 4.53. The predicted molar refractivity (Wildman–Crippen MR) is 83.9 cm³/mol. The van der Waals surface area contributed by atoms with Crippen molar-refractivity contribution in [2.24, 2.45) is 0 Å². The van der Waals surface area contributed by atoms with Gasteiger partial charge in [-0.3, -0.25) is 9.48 Å². The Morgan fingerprint density at radius 2 is 2.23 bits per heavy atom. The smallest absolute Gasteiger partial charge is 0.237 e. The number of carbonyl (C=O) groups excluding carboxylic acids is 1. The lowest BCUT2D eigenvalue weighted by atomic mass is 9.81. The average molecular weight is 303 g/mol. The van der Waals surface area contributed by atoms with E-state index in [0.717, 1.165) is 32.1 Å². The van der Waals surface area contributed by atoms with Crippen molar-refractivity contribution in [3.05, 3.63) is 18.5 Å². The summed E-state index contributed by atoms with van der Waals surface area (Å²) in [4.78, 5) is 14.1. The molecular weight excluding hydrogens is 278 g/mol. The van der Waals surface area contributed by atoms with Crippen LogP contribution < -0.4 is 5.32 Å². The summed E-state index contributed by atoms with van der Waals surface area (Å²) in [5.74, 6) is -0.0178. The Kier molecular flexibility index (Phi) is 5.56. The molecule has 6 heteroatoms. The van der Waals surface area contributed by atoms with Gasteiger partial charge in [-0.2, -0.15) is 10.4 Å². The molecule has 1 saturated carbocycles. The number of hydrogen-bond acceptors (Lipinski definition) is 4. The van der Waals surface area contributed by atoms with E-state index in [2.05, 4.69) is 16.5 Å². The van der Waals surface area contributed by atoms with Crippen LogP contribution in [0.2, 0.25) is 0 Å². The maximum atomic E-state index is 12.4. The number of amides is 1. The van der Waals surface area contributed by atoms with E-state index in [1.807, 2.05) is 23.9 Å². The number of aromatic nitrogens is 2. The molecular formula is C16H25N5O. The molecule has 0 bridgehead atoms. The van der Waals surface area contributed by atoms with E-state index in [-0.39, 0.29) is 18.5 Å². The Labute approximate surface area is 132 Å². The molecule has 0 aromatic carbocycles. The van der Waals surface area contributed by atoms with Gasteiger partial charge in [-0.25, -0.2) is 0 Å². The second-order valence-electron chi connectivity index (χ2n) is 6.17. The molecule has 1 N–H and O–H groups in total. The van der Waals surface area contributed by atoms with Crippen molar-refractivity contribution in [1.29, 1.82) is 5.26 Å². The van der Waals surface area contributed by atoms with Gasteiger partial charge >= 0.3 is 0 Å². The molecule has 1 atom stereocenters. The molecule has 2 rings (SSSR count). The standard InChI is InChI=1S/C16H25N5O/c1-14(12-21-10-6-9-19-21)18-11-15(22)20(2)16(13-17)7-4-3-5-8-16/h6,9-10,14,18H,3-5,7-8,11-12H2,1-2H3/t14-/m0/s1. The van der Waals surface area contributed by atoms with Crippen LogP contribution in [-0.4, -0.2) is 45.8 Å². The minimum Gasteiger partial charge on any atom is -0.326 e. The first kappa shape index (κ1) is 16.5. The van der Waals surface area contributed by atoms with Crippen molar-refractivity contribution in [2.75, 3.05) is 13.6 Å². The van der Waals surface area contributed by atoms with Crippen molar-refractivity contribution in [2.45, 2.75) is 57.2 Å². The molecule has 1 aromatic heterocycles. The van der Waals surface area contributed by atoms with E-state index < -0.39 is 5.54 Å². The van der Waals surface area contributed by atoms with E-state index in [4.69, 9.17) is 0 Å². The summed E-state index contributed by atoms with van der Waals surface area (Å²) in [6, 6.07) is 4.41. The zero-order chi connectivity index (χ0) is 16.0. The topological polar surface area (TPSA) is 74.0 Å². The highest BCUT2D eigenvalue weighted by Gasteiger charge is 2.38. The van der Waals surface area contributed by atoms with Crippen LogP contribution in [0.25, 0.3) is 0 Å². The van der Waals surface area contributed by atoms with Gasteiger partial charge in [0.2, 0.25) is 5.91 Å². The van der Waals surface area contributed by atoms with Gasteiger partial charge in [-0.1, -0.05) is 19.3 Å². The minimum atomic E-state index is -0.609. The van der Waals surface area contributed by atoms with Crippen LogP contribution in [0.5, 0.6) is 0 Å². The molecule has 0 aliphatic heterocycles. The Hall–Kier alpha value is -1.87. The van der Waals surface area contributed by atoms with E-state index in [1.54, 1.807) is 18.1 Å². The molecule has 22 heavy (non-hydrogen) atoms. The molecule has 1 aliphatic carbocycles. The highest BCUT2D eigenvalue weighted by Crippen LogP contribution is 2.32. The quantitative estimate of drug-likeness (QED) is 0.865. The molecule has 1 aliphatic rings. The molecule has 1 fully saturated rings. The van der Waals surface area contributed by atoms with Crippen molar-refractivity contribution in [3.63, 3.8) is 0 Å². The molecule has 0 radical (unpaired) electrons. The fourth-order valence-corrected chi connectivity index (χ4v) is 3.03. The number of nitrogens with one attached hydrogen (secondary N) is 1. The van der Waals surface area contributed by atoms with Gasteiger partial charge in [0.15, 0.2) is 0 Å². The van der Waals surface area contributed by atoms with E-state index in [9.17, 15) is 10.1 Å². The van der Waals surface area contributed by atoms with Crippen LogP contribution in [0.4, 0.5) is 0 Å². The summed E-state index contributed by atoms with van der Waals surface area (Å²) in [6.45, 7) is 2.99. The fraction of sp³-hybridized carbons (Fsp3) is 0.688. The highest BCUT2D eigenvalue weighted by molar-refractivity contribution is 5.79. The lowest BCUT2D eigenvalue weighted by molar-refractivity contribution is -0.134. The lowest BCUT2D eigenvalue weighted by Crippen LogP contribution is -2.53. The number of nitriles is 1. The van der Waals surface area contributed by atoms with Gasteiger partial charge in [0, 0.05) is 25.5 Å². The molecule has 0 saturated heterocycles. The van der Waals surface area contributed by atoms with E-state index in [0.29, 0.717) is 6.54 Å². The second kappa shape index (κ2) is 7.41. The largest absolute Gasteiger partial charge is 0.326 e. The first-order chi connectivity index (χ1) is 10.6. The van der Waals surface area contributed by atoms with Gasteiger partial charge in [0.05, 0.1) is 19.2 Å². The molecule has 6 nitrogen and oxygen atoms in total. The Bertz CT molecular complexity index is 513. The molecule has 0 spiro atoms. The molecule has 1 heterocycles. The predicted octanol–water partition coefficient (Wildman–Crippen LogP) is 1.55. The van der Waals surface area contributed by atoms with Crippen molar-refractivity contribution in [1.82, 2.24) is 20.0 Å². The van der Waals surface area contributed by atoms with Gasteiger partial charge in [-0.15, -0.1) is 0 Å². The summed E-state index contributed by atoms with van der Waals surface area (Å²) in [5, 5.41) is 16.9. The fourth-order valence-electron chi connectivity index (χ4n) is 3.03. The van der Waals surface area contributed by atoms with Crippen LogP contribution in [0, 0.1) is 11.3 Å². The zero-order valence-electron chi connectivity index (χ0n) is 13.5. The molecule has 0 unspecified atom stereocenters. The van der Waals surface area contributed by atoms with Crippen LogP contribution >= 0.6 is 0 Å². The summed E-state index contributed by atoms with van der Waals surface area (Å²) < 4.78 is 1.84. The summed E-state index contributed by atoms with van der Waals surface area (Å²) in [5.41, 5.74) is -0.609. The van der Waals surface area contributed by atoms with Crippen LogP contribution in [-0.2, 0) is 11.3 Å². The first-order valence-electron chi connectivity index (χ1n) is 7.96. The van der Waals surface area contributed by atoms with E-state index >= 15 is 0 Å². The minimum absolute atomic E-state index is 0.0178. The van der Waals surface area contributed by atoms with Crippen LogP contribution in [0.15, 0.2) is 18.5 Å². The Balaban J connectivity index is 1.84. The number of likely N-dealkylation sites (N-methyl/N-ethyl adjacent to an activating group) is 1. The average Bonchev–Trinajstić information content (AvgIpc) is 3.05. The monoisotopic (exact) mass is 303 g/mol. The van der Waals surface area contributed by atoms with Gasteiger partial charge in [-0.05, 0) is 25.8 Å². The van der Waals surface area contributed by atoms with Gasteiger partial charge in [0.1, 0.15) is 5.54 Å². The normalized spacial score (nSPS) is 18.4. The number of nitrogens with zero attached hydrogens (tertiary/aromatic N) is 4. The zero-order valence-corrected chi connectivity index (χ0v) is 13.5. The highest BCUT2D eigenvalue weighted by atomic mass is 16.2. The second-order valence-corrected chi connectivity index (χ2v) is 6.17. The first-order valence-corrected chi connectivity index (χ1v) is 7.96. The van der Waals surface area contributed by atoms with Crippen molar-refractivity contribution < 1.29 is 4.79 Å².